The Hall–Kier alpha value is -2.38. The van der Waals surface area contributed by atoms with Crippen LogP contribution in [0.5, 0.6) is 0 Å². The van der Waals surface area contributed by atoms with Crippen molar-refractivity contribution in [1.29, 1.82) is 0 Å². The predicted octanol–water partition coefficient (Wildman–Crippen LogP) is 4.99. The summed E-state index contributed by atoms with van der Waals surface area (Å²) in [5.41, 5.74) is 8.61. The Morgan fingerprint density at radius 3 is 1.80 bits per heavy atom. The summed E-state index contributed by atoms with van der Waals surface area (Å²) in [4.78, 5) is 0. The molecule has 1 nitrogen and oxygen atoms in total. The van der Waals surface area contributed by atoms with Crippen molar-refractivity contribution in [3.8, 4) is 0 Å². The average molecular weight is 328 g/mol. The molecule has 0 saturated carbocycles. The van der Waals surface area contributed by atoms with Crippen LogP contribution in [-0.4, -0.2) is 5.11 Å². The highest BCUT2D eigenvalue weighted by Gasteiger charge is 2.39. The van der Waals surface area contributed by atoms with Gasteiger partial charge in [0, 0.05) is 6.42 Å². The largest absolute Gasteiger partial charge is 0.380 e. The molecule has 4 rings (SSSR count). The van der Waals surface area contributed by atoms with Crippen LogP contribution >= 0.6 is 0 Å². The zero-order valence-electron chi connectivity index (χ0n) is 15.1. The maximum atomic E-state index is 11.9. The molecule has 25 heavy (non-hydrogen) atoms. The lowest BCUT2D eigenvalue weighted by Crippen LogP contribution is -2.36. The lowest BCUT2D eigenvalue weighted by Gasteiger charge is -2.37. The van der Waals surface area contributed by atoms with Crippen molar-refractivity contribution >= 4 is 0 Å². The van der Waals surface area contributed by atoms with Gasteiger partial charge in [0.25, 0.3) is 0 Å². The second-order valence-corrected chi connectivity index (χ2v) is 7.41. The van der Waals surface area contributed by atoms with Crippen molar-refractivity contribution in [3.05, 3.63) is 105 Å². The van der Waals surface area contributed by atoms with Crippen LogP contribution in [0.1, 0.15) is 44.5 Å². The van der Waals surface area contributed by atoms with Gasteiger partial charge in [0.05, 0.1) is 0 Å². The van der Waals surface area contributed by atoms with E-state index in [9.17, 15) is 5.11 Å². The smallest absolute Gasteiger partial charge is 0.119 e. The Kier molecular flexibility index (Phi) is 3.77. The number of aliphatic hydroxyl groups is 1. The molecule has 1 N–H and O–H groups in total. The van der Waals surface area contributed by atoms with Gasteiger partial charge in [-0.15, -0.1) is 0 Å². The van der Waals surface area contributed by atoms with Crippen LogP contribution in [0.15, 0.2) is 60.7 Å². The van der Waals surface area contributed by atoms with E-state index < -0.39 is 5.60 Å². The molecule has 0 heterocycles. The summed E-state index contributed by atoms with van der Waals surface area (Å²) in [6.07, 6.45) is 1.50. The molecule has 0 aliphatic heterocycles. The Bertz CT molecular complexity index is 883. The van der Waals surface area contributed by atoms with Crippen molar-refractivity contribution in [2.24, 2.45) is 0 Å². The minimum Gasteiger partial charge on any atom is -0.380 e. The van der Waals surface area contributed by atoms with E-state index in [-0.39, 0.29) is 0 Å². The average Bonchev–Trinajstić information content (AvgIpc) is 2.59. The van der Waals surface area contributed by atoms with E-state index in [4.69, 9.17) is 0 Å². The van der Waals surface area contributed by atoms with Gasteiger partial charge in [-0.1, -0.05) is 66.2 Å². The summed E-state index contributed by atoms with van der Waals surface area (Å²) in [5, 5.41) is 11.9. The lowest BCUT2D eigenvalue weighted by molar-refractivity contribution is 0.0766. The zero-order chi connectivity index (χ0) is 17.6. The highest BCUT2D eigenvalue weighted by molar-refractivity contribution is 5.53. The molecule has 0 aromatic heterocycles. The molecule has 0 saturated heterocycles. The van der Waals surface area contributed by atoms with E-state index in [0.29, 0.717) is 6.42 Å². The van der Waals surface area contributed by atoms with Gasteiger partial charge in [0.2, 0.25) is 0 Å². The van der Waals surface area contributed by atoms with E-state index in [2.05, 4.69) is 69.3 Å². The number of hydrogen-bond donors (Lipinski definition) is 1. The van der Waals surface area contributed by atoms with Crippen LogP contribution in [0.4, 0.5) is 0 Å². The van der Waals surface area contributed by atoms with Gasteiger partial charge >= 0.3 is 0 Å². The molecule has 1 heteroatoms. The molecule has 0 amide bonds. The third-order valence-electron chi connectivity index (χ3n) is 5.58. The maximum absolute atomic E-state index is 11.9. The Labute approximate surface area is 150 Å². The zero-order valence-corrected chi connectivity index (χ0v) is 15.1. The topological polar surface area (TPSA) is 20.2 Å². The summed E-state index contributed by atoms with van der Waals surface area (Å²) < 4.78 is 0. The predicted molar refractivity (Wildman–Crippen MR) is 103 cm³/mol. The van der Waals surface area contributed by atoms with Gasteiger partial charge < -0.3 is 5.11 Å². The Balaban J connectivity index is 1.92. The molecule has 0 unspecified atom stereocenters. The molecule has 0 spiro atoms. The molecule has 0 bridgehead atoms. The summed E-state index contributed by atoms with van der Waals surface area (Å²) in [6.45, 7) is 6.43. The molecule has 0 fully saturated rings. The monoisotopic (exact) mass is 328 g/mol. The highest BCUT2D eigenvalue weighted by Crippen LogP contribution is 2.42. The second-order valence-electron chi connectivity index (χ2n) is 7.41. The Morgan fingerprint density at radius 2 is 1.28 bits per heavy atom. The van der Waals surface area contributed by atoms with Crippen LogP contribution in [-0.2, 0) is 18.4 Å². The standard InChI is InChI=1S/C24H24O/c1-16-12-17(2)21(18(3)13-16)15-24(25)22-10-6-4-8-19(22)14-20-9-5-7-11-23(20)24/h4-13,25H,14-15H2,1-3H3. The fourth-order valence-corrected chi connectivity index (χ4v) is 4.44. The van der Waals surface area contributed by atoms with Gasteiger partial charge in [-0.25, -0.2) is 0 Å². The summed E-state index contributed by atoms with van der Waals surface area (Å²) in [7, 11) is 0. The fraction of sp³-hybridized carbons (Fsp3) is 0.250. The molecular formula is C24H24O. The minimum absolute atomic E-state index is 0.610. The molecule has 3 aromatic rings. The molecule has 0 atom stereocenters. The van der Waals surface area contributed by atoms with Crippen LogP contribution in [0.25, 0.3) is 0 Å². The summed E-state index contributed by atoms with van der Waals surface area (Å²) >= 11 is 0. The van der Waals surface area contributed by atoms with Gasteiger partial charge in [-0.3, -0.25) is 0 Å². The summed E-state index contributed by atoms with van der Waals surface area (Å²) in [5.74, 6) is 0. The van der Waals surface area contributed by atoms with Crippen molar-refractivity contribution in [3.63, 3.8) is 0 Å². The van der Waals surface area contributed by atoms with Crippen molar-refractivity contribution in [1.82, 2.24) is 0 Å². The van der Waals surface area contributed by atoms with Crippen molar-refractivity contribution < 1.29 is 5.11 Å². The SMILES string of the molecule is Cc1cc(C)c(CC2(O)c3ccccc3Cc3ccccc32)c(C)c1. The third kappa shape index (κ3) is 2.60. The van der Waals surface area contributed by atoms with Crippen LogP contribution < -0.4 is 0 Å². The number of rotatable bonds is 2. The molecule has 0 radical (unpaired) electrons. The normalized spacial score (nSPS) is 14.7. The van der Waals surface area contributed by atoms with Gasteiger partial charge in [-0.2, -0.15) is 0 Å². The molecule has 1 aliphatic rings. The summed E-state index contributed by atoms with van der Waals surface area (Å²) in [6, 6.07) is 21.1. The van der Waals surface area contributed by atoms with Crippen LogP contribution in [0.2, 0.25) is 0 Å². The molecular weight excluding hydrogens is 304 g/mol. The van der Waals surface area contributed by atoms with Crippen molar-refractivity contribution in [2.75, 3.05) is 0 Å². The van der Waals surface area contributed by atoms with E-state index >= 15 is 0 Å². The maximum Gasteiger partial charge on any atom is 0.119 e. The molecule has 3 aromatic carbocycles. The van der Waals surface area contributed by atoms with Crippen molar-refractivity contribution in [2.45, 2.75) is 39.2 Å². The number of benzene rings is 3. The lowest BCUT2D eigenvalue weighted by atomic mass is 9.71. The van der Waals surface area contributed by atoms with Crippen LogP contribution in [0.3, 0.4) is 0 Å². The Morgan fingerprint density at radius 1 is 0.800 bits per heavy atom. The number of aryl methyl sites for hydroxylation is 3. The third-order valence-corrected chi connectivity index (χ3v) is 5.58. The van der Waals surface area contributed by atoms with E-state index in [1.807, 2.05) is 12.1 Å². The van der Waals surface area contributed by atoms with E-state index in [1.165, 1.54) is 33.4 Å². The van der Waals surface area contributed by atoms with Gasteiger partial charge in [0.15, 0.2) is 0 Å². The van der Waals surface area contributed by atoms with E-state index in [1.54, 1.807) is 0 Å². The van der Waals surface area contributed by atoms with E-state index in [0.717, 1.165) is 17.5 Å². The first kappa shape index (κ1) is 16.1. The van der Waals surface area contributed by atoms with Crippen LogP contribution in [0, 0.1) is 20.8 Å². The molecule has 1 aliphatic carbocycles. The quantitative estimate of drug-likeness (QED) is 0.702. The first-order valence-electron chi connectivity index (χ1n) is 8.95. The fourth-order valence-electron chi connectivity index (χ4n) is 4.44. The van der Waals surface area contributed by atoms with Gasteiger partial charge in [0.1, 0.15) is 5.60 Å². The second kappa shape index (κ2) is 5.86. The van der Waals surface area contributed by atoms with Gasteiger partial charge in [-0.05, 0) is 66.1 Å². The number of fused-ring (bicyclic) bond motifs is 2. The first-order chi connectivity index (χ1) is 12.0. The first-order valence-corrected chi connectivity index (χ1v) is 8.95. The minimum atomic E-state index is -0.976. The number of hydrogen-bond acceptors (Lipinski definition) is 1. The highest BCUT2D eigenvalue weighted by atomic mass is 16.3. The molecule has 126 valence electrons.